The lowest BCUT2D eigenvalue weighted by molar-refractivity contribution is -0.140. The van der Waals surface area contributed by atoms with Crippen molar-refractivity contribution in [1.82, 2.24) is 10.2 Å². The number of aryl methyl sites for hydroxylation is 1. The summed E-state index contributed by atoms with van der Waals surface area (Å²) in [6.07, 6.45) is 2.10. The number of anilines is 1. The summed E-state index contributed by atoms with van der Waals surface area (Å²) in [5.41, 5.74) is 2.87. The SMILES string of the molecule is CC[C@H](C)NC(=O)[C@H](Cc1ccccc1)N(Cc1cccc(Br)c1)C(=O)CN(c1ccccc1C)S(C)(=O)=O. The Labute approximate surface area is 240 Å². The molecule has 0 saturated heterocycles. The Kier molecular flexibility index (Phi) is 10.7. The fraction of sp³-hybridized carbons (Fsp3) is 0.333. The summed E-state index contributed by atoms with van der Waals surface area (Å²) >= 11 is 3.49. The second-order valence-electron chi connectivity index (χ2n) is 9.73. The van der Waals surface area contributed by atoms with Crippen molar-refractivity contribution < 1.29 is 18.0 Å². The van der Waals surface area contributed by atoms with E-state index in [0.717, 1.165) is 38.1 Å². The zero-order valence-electron chi connectivity index (χ0n) is 22.8. The van der Waals surface area contributed by atoms with Gasteiger partial charge in [0.05, 0.1) is 11.9 Å². The lowest BCUT2D eigenvalue weighted by atomic mass is 10.0. The van der Waals surface area contributed by atoms with E-state index in [9.17, 15) is 18.0 Å². The van der Waals surface area contributed by atoms with Crippen LogP contribution in [0.3, 0.4) is 0 Å². The summed E-state index contributed by atoms with van der Waals surface area (Å²) < 4.78 is 27.7. The molecule has 39 heavy (non-hydrogen) atoms. The minimum atomic E-state index is -3.80. The van der Waals surface area contributed by atoms with Gasteiger partial charge in [-0.1, -0.05) is 83.5 Å². The molecule has 0 unspecified atom stereocenters. The van der Waals surface area contributed by atoms with Gasteiger partial charge >= 0.3 is 0 Å². The molecule has 0 saturated carbocycles. The number of benzene rings is 3. The van der Waals surface area contributed by atoms with E-state index in [1.807, 2.05) is 74.5 Å². The first kappa shape index (κ1) is 30.4. The Morgan fingerprint density at radius 1 is 0.949 bits per heavy atom. The maximum Gasteiger partial charge on any atom is 0.244 e. The van der Waals surface area contributed by atoms with Crippen molar-refractivity contribution in [2.75, 3.05) is 17.1 Å². The molecule has 0 aliphatic rings. The van der Waals surface area contributed by atoms with Gasteiger partial charge in [-0.05, 0) is 55.2 Å². The van der Waals surface area contributed by atoms with Crippen molar-refractivity contribution in [3.63, 3.8) is 0 Å². The van der Waals surface area contributed by atoms with Gasteiger partial charge in [0, 0.05) is 23.5 Å². The van der Waals surface area contributed by atoms with Gasteiger partial charge in [0.15, 0.2) is 0 Å². The summed E-state index contributed by atoms with van der Waals surface area (Å²) in [4.78, 5) is 29.3. The highest BCUT2D eigenvalue weighted by Crippen LogP contribution is 2.24. The molecular formula is C30H36BrN3O4S. The Balaban J connectivity index is 2.07. The van der Waals surface area contributed by atoms with Crippen LogP contribution in [0.4, 0.5) is 5.69 Å². The second kappa shape index (κ2) is 13.8. The van der Waals surface area contributed by atoms with Gasteiger partial charge in [0.2, 0.25) is 21.8 Å². The fourth-order valence-corrected chi connectivity index (χ4v) is 5.62. The topological polar surface area (TPSA) is 86.8 Å². The van der Waals surface area contributed by atoms with Crippen LogP contribution in [0.1, 0.15) is 37.0 Å². The van der Waals surface area contributed by atoms with E-state index in [1.54, 1.807) is 25.1 Å². The zero-order chi connectivity index (χ0) is 28.6. The Morgan fingerprint density at radius 3 is 2.21 bits per heavy atom. The largest absolute Gasteiger partial charge is 0.352 e. The maximum absolute atomic E-state index is 14.1. The predicted octanol–water partition coefficient (Wildman–Crippen LogP) is 5.08. The van der Waals surface area contributed by atoms with Gasteiger partial charge in [-0.25, -0.2) is 8.42 Å². The van der Waals surface area contributed by atoms with Gasteiger partial charge in [0.1, 0.15) is 12.6 Å². The number of nitrogens with one attached hydrogen (secondary N) is 1. The molecule has 2 amide bonds. The first-order valence-corrected chi connectivity index (χ1v) is 15.5. The van der Waals surface area contributed by atoms with Crippen LogP contribution in [0.25, 0.3) is 0 Å². The molecule has 0 heterocycles. The standard InChI is InChI=1S/C30H36BrN3O4S/c1-5-23(3)32-30(36)28(19-24-13-7-6-8-14-24)33(20-25-15-11-16-26(31)18-25)29(35)21-34(39(4,37)38)27-17-10-9-12-22(27)2/h6-18,23,28H,5,19-21H2,1-4H3,(H,32,36)/t23-,28-/m0/s1. The molecule has 3 rings (SSSR count). The number of rotatable bonds is 12. The van der Waals surface area contributed by atoms with Crippen molar-refractivity contribution in [1.29, 1.82) is 0 Å². The number of nitrogens with zero attached hydrogens (tertiary/aromatic N) is 2. The molecule has 3 aromatic rings. The van der Waals surface area contributed by atoms with E-state index in [2.05, 4.69) is 21.2 Å². The average molecular weight is 615 g/mol. The van der Waals surface area contributed by atoms with Crippen molar-refractivity contribution in [3.05, 3.63) is 100 Å². The number of para-hydroxylation sites is 1. The van der Waals surface area contributed by atoms with Crippen LogP contribution in [-0.2, 0) is 32.6 Å². The Bertz CT molecular complexity index is 1380. The van der Waals surface area contributed by atoms with Gasteiger partial charge in [-0.3, -0.25) is 13.9 Å². The van der Waals surface area contributed by atoms with E-state index in [-0.39, 0.29) is 24.9 Å². The van der Waals surface area contributed by atoms with Gasteiger partial charge in [0.25, 0.3) is 0 Å². The molecule has 0 bridgehead atoms. The summed E-state index contributed by atoms with van der Waals surface area (Å²) in [6, 6.07) is 23.1. The highest BCUT2D eigenvalue weighted by Gasteiger charge is 2.33. The number of sulfonamides is 1. The molecule has 0 aliphatic heterocycles. The number of carbonyl (C=O) groups excluding carboxylic acids is 2. The third kappa shape index (κ3) is 8.66. The highest BCUT2D eigenvalue weighted by atomic mass is 79.9. The molecule has 0 radical (unpaired) electrons. The smallest absolute Gasteiger partial charge is 0.244 e. The fourth-order valence-electron chi connectivity index (χ4n) is 4.27. The van der Waals surface area contributed by atoms with Crippen LogP contribution in [0.15, 0.2) is 83.3 Å². The van der Waals surface area contributed by atoms with Gasteiger partial charge in [-0.15, -0.1) is 0 Å². The lowest BCUT2D eigenvalue weighted by Crippen LogP contribution is -2.54. The van der Waals surface area contributed by atoms with Crippen LogP contribution in [0.5, 0.6) is 0 Å². The number of carbonyl (C=O) groups is 2. The minimum absolute atomic E-state index is 0.0851. The Morgan fingerprint density at radius 2 is 1.59 bits per heavy atom. The molecule has 0 spiro atoms. The molecule has 0 aromatic heterocycles. The minimum Gasteiger partial charge on any atom is -0.352 e. The summed E-state index contributed by atoms with van der Waals surface area (Å²) in [5, 5.41) is 3.03. The molecular weight excluding hydrogens is 578 g/mol. The number of halogens is 1. The third-order valence-corrected chi connectivity index (χ3v) is 8.20. The van der Waals surface area contributed by atoms with Crippen LogP contribution in [0, 0.1) is 6.92 Å². The van der Waals surface area contributed by atoms with Crippen LogP contribution >= 0.6 is 15.9 Å². The van der Waals surface area contributed by atoms with Crippen LogP contribution in [-0.4, -0.2) is 50.0 Å². The number of amides is 2. The van der Waals surface area contributed by atoms with Gasteiger partial charge < -0.3 is 10.2 Å². The summed E-state index contributed by atoms with van der Waals surface area (Å²) in [5.74, 6) is -0.748. The monoisotopic (exact) mass is 613 g/mol. The van der Waals surface area contributed by atoms with Crippen molar-refractivity contribution in [3.8, 4) is 0 Å². The molecule has 0 aliphatic carbocycles. The molecule has 3 aromatic carbocycles. The summed E-state index contributed by atoms with van der Waals surface area (Å²) in [7, 11) is -3.80. The van der Waals surface area contributed by atoms with Crippen molar-refractivity contribution >= 4 is 43.5 Å². The maximum atomic E-state index is 14.1. The molecule has 1 N–H and O–H groups in total. The lowest BCUT2D eigenvalue weighted by Gasteiger charge is -2.34. The van der Waals surface area contributed by atoms with Crippen LogP contribution in [0.2, 0.25) is 0 Å². The van der Waals surface area contributed by atoms with E-state index in [1.165, 1.54) is 4.90 Å². The predicted molar refractivity (Wildman–Crippen MR) is 160 cm³/mol. The van der Waals surface area contributed by atoms with Crippen molar-refractivity contribution in [2.24, 2.45) is 0 Å². The van der Waals surface area contributed by atoms with E-state index in [4.69, 9.17) is 0 Å². The number of hydrogen-bond donors (Lipinski definition) is 1. The molecule has 0 fully saturated rings. The molecule has 2 atom stereocenters. The van der Waals surface area contributed by atoms with E-state index in [0.29, 0.717) is 5.69 Å². The second-order valence-corrected chi connectivity index (χ2v) is 12.6. The molecule has 208 valence electrons. The first-order chi connectivity index (χ1) is 18.5. The molecule has 7 nitrogen and oxygen atoms in total. The van der Waals surface area contributed by atoms with Gasteiger partial charge in [-0.2, -0.15) is 0 Å². The summed E-state index contributed by atoms with van der Waals surface area (Å²) in [6.45, 7) is 5.40. The molecule has 9 heteroatoms. The normalized spacial score (nSPS) is 12.8. The zero-order valence-corrected chi connectivity index (χ0v) is 25.2. The first-order valence-electron chi connectivity index (χ1n) is 12.9. The quantitative estimate of drug-likeness (QED) is 0.309. The van der Waals surface area contributed by atoms with Crippen LogP contribution < -0.4 is 9.62 Å². The van der Waals surface area contributed by atoms with Crippen molar-refractivity contribution in [2.45, 2.75) is 52.2 Å². The average Bonchev–Trinajstić information content (AvgIpc) is 2.89. The van der Waals surface area contributed by atoms with E-state index < -0.39 is 28.5 Å². The van der Waals surface area contributed by atoms with E-state index >= 15 is 0 Å². The Hall–Kier alpha value is -3.17. The third-order valence-electron chi connectivity index (χ3n) is 6.58. The number of hydrogen-bond acceptors (Lipinski definition) is 4. The highest BCUT2D eigenvalue weighted by molar-refractivity contribution is 9.10.